The van der Waals surface area contributed by atoms with Crippen LogP contribution < -0.4 is 4.74 Å². The van der Waals surface area contributed by atoms with Crippen LogP contribution in [0.3, 0.4) is 0 Å². The van der Waals surface area contributed by atoms with Crippen molar-refractivity contribution in [2.75, 3.05) is 26.2 Å². The second kappa shape index (κ2) is 8.26. The molecular weight excluding hydrogens is 333 g/mol. The highest BCUT2D eigenvalue weighted by atomic mass is 19.1. The Morgan fingerprint density at radius 3 is 2.62 bits per heavy atom. The monoisotopic (exact) mass is 355 g/mol. The predicted octanol–water partition coefficient (Wildman–Crippen LogP) is 3.25. The molecule has 26 heavy (non-hydrogen) atoms. The van der Waals surface area contributed by atoms with Gasteiger partial charge in [-0.2, -0.15) is 5.26 Å². The molecule has 1 fully saturated rings. The Bertz CT molecular complexity index is 779. The third-order valence-corrected chi connectivity index (χ3v) is 4.30. The summed E-state index contributed by atoms with van der Waals surface area (Å²) in [7, 11) is 0. The molecule has 0 bridgehead atoms. The van der Waals surface area contributed by atoms with Crippen LogP contribution >= 0.6 is 0 Å². The minimum absolute atomic E-state index is 0.213. The Balaban J connectivity index is 1.71. The first-order chi connectivity index (χ1) is 12.5. The molecule has 0 amide bonds. The molecule has 0 N–H and O–H groups in total. The van der Waals surface area contributed by atoms with Crippen LogP contribution in [0.25, 0.3) is 11.1 Å². The van der Waals surface area contributed by atoms with E-state index >= 15 is 0 Å². The first kappa shape index (κ1) is 18.3. The highest BCUT2D eigenvalue weighted by Crippen LogP contribution is 2.30. The molecule has 0 spiro atoms. The van der Waals surface area contributed by atoms with E-state index in [4.69, 9.17) is 14.7 Å². The molecule has 1 aromatic carbocycles. The quantitative estimate of drug-likeness (QED) is 0.824. The smallest absolute Gasteiger partial charge is 0.145 e. The van der Waals surface area contributed by atoms with Gasteiger partial charge in [0, 0.05) is 25.2 Å². The highest BCUT2D eigenvalue weighted by molar-refractivity contribution is 5.70. The molecule has 2 atom stereocenters. The second-order valence-electron chi connectivity index (χ2n) is 6.55. The van der Waals surface area contributed by atoms with Crippen molar-refractivity contribution < 1.29 is 13.9 Å². The number of benzene rings is 1. The van der Waals surface area contributed by atoms with Crippen LogP contribution in [0.15, 0.2) is 36.5 Å². The maximum Gasteiger partial charge on any atom is 0.145 e. The summed E-state index contributed by atoms with van der Waals surface area (Å²) in [4.78, 5) is 6.41. The maximum atomic E-state index is 13.2. The lowest BCUT2D eigenvalue weighted by molar-refractivity contribution is -0.0699. The lowest BCUT2D eigenvalue weighted by atomic mass is 10.1. The number of hydrogen-bond donors (Lipinski definition) is 0. The van der Waals surface area contributed by atoms with Crippen molar-refractivity contribution in [2.24, 2.45) is 0 Å². The number of ether oxygens (including phenoxy) is 2. The minimum atomic E-state index is -0.304. The van der Waals surface area contributed by atoms with Crippen LogP contribution in [0.2, 0.25) is 0 Å². The van der Waals surface area contributed by atoms with Crippen LogP contribution in [-0.2, 0) is 4.74 Å². The van der Waals surface area contributed by atoms with Crippen molar-refractivity contribution >= 4 is 0 Å². The first-order valence-corrected chi connectivity index (χ1v) is 8.72. The molecule has 3 rings (SSSR count). The van der Waals surface area contributed by atoms with Gasteiger partial charge in [0.2, 0.25) is 0 Å². The summed E-state index contributed by atoms with van der Waals surface area (Å²) >= 11 is 0. The van der Waals surface area contributed by atoms with Gasteiger partial charge in [0.15, 0.2) is 0 Å². The van der Waals surface area contributed by atoms with E-state index in [-0.39, 0.29) is 18.0 Å². The number of pyridine rings is 1. The van der Waals surface area contributed by atoms with E-state index in [1.807, 2.05) is 6.07 Å². The SMILES string of the molecule is C[C@@H]1CN(CCOc2cnc(C#N)cc2-c2ccc(F)cc2)C[C@H](C)O1. The van der Waals surface area contributed by atoms with Crippen LogP contribution in [-0.4, -0.2) is 48.3 Å². The van der Waals surface area contributed by atoms with Crippen LogP contribution in [0, 0.1) is 17.1 Å². The van der Waals surface area contributed by atoms with Crippen LogP contribution in [0.5, 0.6) is 5.75 Å². The molecule has 1 aliphatic rings. The summed E-state index contributed by atoms with van der Waals surface area (Å²) in [5.41, 5.74) is 1.82. The number of nitriles is 1. The number of morpholine rings is 1. The van der Waals surface area contributed by atoms with Gasteiger partial charge < -0.3 is 9.47 Å². The van der Waals surface area contributed by atoms with Gasteiger partial charge >= 0.3 is 0 Å². The van der Waals surface area contributed by atoms with Gasteiger partial charge in [-0.15, -0.1) is 0 Å². The molecular formula is C20H22FN3O2. The van der Waals surface area contributed by atoms with E-state index in [1.54, 1.807) is 24.4 Å². The normalized spacial score (nSPS) is 20.5. The Labute approximate surface area is 153 Å². The topological polar surface area (TPSA) is 58.4 Å². The van der Waals surface area contributed by atoms with Gasteiger partial charge in [0.1, 0.15) is 29.9 Å². The maximum absolute atomic E-state index is 13.2. The molecule has 0 unspecified atom stereocenters. The van der Waals surface area contributed by atoms with Gasteiger partial charge in [-0.3, -0.25) is 4.90 Å². The van der Waals surface area contributed by atoms with Crippen molar-refractivity contribution in [1.82, 2.24) is 9.88 Å². The van der Waals surface area contributed by atoms with E-state index in [1.165, 1.54) is 12.1 Å². The van der Waals surface area contributed by atoms with Gasteiger partial charge in [-0.25, -0.2) is 9.37 Å². The van der Waals surface area contributed by atoms with Crippen LogP contribution in [0.1, 0.15) is 19.5 Å². The molecule has 136 valence electrons. The summed E-state index contributed by atoms with van der Waals surface area (Å²) in [6.07, 6.45) is 1.98. The predicted molar refractivity (Wildman–Crippen MR) is 96.3 cm³/mol. The van der Waals surface area contributed by atoms with Crippen molar-refractivity contribution in [2.45, 2.75) is 26.1 Å². The number of aromatic nitrogens is 1. The fourth-order valence-electron chi connectivity index (χ4n) is 3.23. The molecule has 0 saturated carbocycles. The standard InChI is InChI=1S/C20H22FN3O2/c1-14-12-24(13-15(2)26-14)7-8-25-20-11-23-18(10-22)9-19(20)16-3-5-17(21)6-4-16/h3-6,9,11,14-15H,7-8,12-13H2,1-2H3/t14-,15+. The fraction of sp³-hybridized carbons (Fsp3) is 0.400. The molecule has 1 aliphatic heterocycles. The zero-order valence-electron chi connectivity index (χ0n) is 15.0. The van der Waals surface area contributed by atoms with Crippen LogP contribution in [0.4, 0.5) is 4.39 Å². The average Bonchev–Trinajstić information content (AvgIpc) is 2.62. The fourth-order valence-corrected chi connectivity index (χ4v) is 3.23. The molecule has 2 aromatic rings. The largest absolute Gasteiger partial charge is 0.490 e. The van der Waals surface area contributed by atoms with E-state index in [2.05, 4.69) is 23.7 Å². The number of hydrogen-bond acceptors (Lipinski definition) is 5. The number of nitrogens with zero attached hydrogens (tertiary/aromatic N) is 3. The lowest BCUT2D eigenvalue weighted by Gasteiger charge is -2.35. The molecule has 2 heterocycles. The summed E-state index contributed by atoms with van der Waals surface area (Å²) in [5.74, 6) is 0.284. The third kappa shape index (κ3) is 4.57. The lowest BCUT2D eigenvalue weighted by Crippen LogP contribution is -2.46. The Morgan fingerprint density at radius 1 is 1.27 bits per heavy atom. The third-order valence-electron chi connectivity index (χ3n) is 4.30. The van der Waals surface area contributed by atoms with Crippen molar-refractivity contribution in [3.8, 4) is 22.9 Å². The van der Waals surface area contributed by atoms with Gasteiger partial charge in [-0.1, -0.05) is 12.1 Å². The molecule has 0 aliphatic carbocycles. The Morgan fingerprint density at radius 2 is 1.96 bits per heavy atom. The molecule has 6 heteroatoms. The highest BCUT2D eigenvalue weighted by Gasteiger charge is 2.22. The number of halogens is 1. The summed E-state index contributed by atoms with van der Waals surface area (Å²) in [5, 5.41) is 9.11. The van der Waals surface area contributed by atoms with E-state index < -0.39 is 0 Å². The van der Waals surface area contributed by atoms with Crippen molar-refractivity contribution in [3.63, 3.8) is 0 Å². The summed E-state index contributed by atoms with van der Waals surface area (Å²) < 4.78 is 24.9. The molecule has 0 radical (unpaired) electrons. The number of rotatable bonds is 5. The Hall–Kier alpha value is -2.49. The van der Waals surface area contributed by atoms with Crippen molar-refractivity contribution in [1.29, 1.82) is 5.26 Å². The second-order valence-corrected chi connectivity index (χ2v) is 6.55. The zero-order chi connectivity index (χ0) is 18.5. The van der Waals surface area contributed by atoms with E-state index in [0.717, 1.165) is 30.8 Å². The summed E-state index contributed by atoms with van der Waals surface area (Å²) in [6.45, 7) is 7.18. The molecule has 1 aromatic heterocycles. The molecule has 1 saturated heterocycles. The average molecular weight is 355 g/mol. The molecule has 5 nitrogen and oxygen atoms in total. The van der Waals surface area contributed by atoms with Gasteiger partial charge in [0.25, 0.3) is 0 Å². The van der Waals surface area contributed by atoms with E-state index in [9.17, 15) is 4.39 Å². The Kier molecular flexibility index (Phi) is 5.82. The van der Waals surface area contributed by atoms with Gasteiger partial charge in [0.05, 0.1) is 18.4 Å². The summed E-state index contributed by atoms with van der Waals surface area (Å²) in [6, 6.07) is 9.82. The minimum Gasteiger partial charge on any atom is -0.490 e. The first-order valence-electron chi connectivity index (χ1n) is 8.72. The zero-order valence-corrected chi connectivity index (χ0v) is 15.0. The van der Waals surface area contributed by atoms with E-state index in [0.29, 0.717) is 18.1 Å². The van der Waals surface area contributed by atoms with Crippen molar-refractivity contribution in [3.05, 3.63) is 48.0 Å². The van der Waals surface area contributed by atoms with Gasteiger partial charge in [-0.05, 0) is 37.6 Å².